The fourth-order valence-corrected chi connectivity index (χ4v) is 3.64. The van der Waals surface area contributed by atoms with Crippen LogP contribution in [-0.2, 0) is 4.79 Å². The number of piperazine rings is 1. The third-order valence-corrected chi connectivity index (χ3v) is 5.35. The lowest BCUT2D eigenvalue weighted by Crippen LogP contribution is -2.47. The van der Waals surface area contributed by atoms with Crippen molar-refractivity contribution < 1.29 is 14.0 Å². The largest absolute Gasteiger partial charge is 0.444 e. The average molecular weight is 463 g/mol. The lowest BCUT2D eigenvalue weighted by molar-refractivity contribution is -0.120. The molecule has 0 spiro atoms. The number of carbonyl (C=O) groups excluding carboxylic acids is 2. The normalized spacial score (nSPS) is 14.6. The molecule has 3 rings (SSSR count). The Bertz CT molecular complexity index is 831. The van der Waals surface area contributed by atoms with Crippen molar-refractivity contribution >= 4 is 33.4 Å². The van der Waals surface area contributed by atoms with Crippen LogP contribution in [0.25, 0.3) is 0 Å². The molecule has 0 atom stereocenters. The Morgan fingerprint density at radius 2 is 1.90 bits per heavy atom. The average Bonchev–Trinajstić information content (AvgIpc) is 3.16. The highest BCUT2D eigenvalue weighted by atomic mass is 79.9. The van der Waals surface area contributed by atoms with E-state index in [4.69, 9.17) is 4.42 Å². The topological polar surface area (TPSA) is 77.8 Å². The highest BCUT2D eigenvalue weighted by molar-refractivity contribution is 9.10. The van der Waals surface area contributed by atoms with Crippen molar-refractivity contribution in [2.24, 2.45) is 0 Å². The first-order valence-corrected chi connectivity index (χ1v) is 10.6. The molecule has 0 unspecified atom stereocenters. The second-order valence-electron chi connectivity index (χ2n) is 7.16. The molecule has 2 aromatic rings. The first-order valence-electron chi connectivity index (χ1n) is 9.85. The van der Waals surface area contributed by atoms with Gasteiger partial charge in [-0.2, -0.15) is 0 Å². The Morgan fingerprint density at radius 3 is 2.59 bits per heavy atom. The number of benzene rings is 1. The maximum atomic E-state index is 11.9. The van der Waals surface area contributed by atoms with E-state index in [1.54, 1.807) is 12.1 Å². The van der Waals surface area contributed by atoms with Crippen molar-refractivity contribution in [2.45, 2.75) is 13.3 Å². The molecule has 2 N–H and O–H groups in total. The molecule has 29 heavy (non-hydrogen) atoms. The fourth-order valence-electron chi connectivity index (χ4n) is 3.33. The van der Waals surface area contributed by atoms with Crippen molar-refractivity contribution in [3.05, 3.63) is 52.4 Å². The number of hydrogen-bond donors (Lipinski definition) is 2. The Labute approximate surface area is 179 Å². The molecule has 7 nitrogen and oxygen atoms in total. The molecule has 0 bridgehead atoms. The third kappa shape index (κ3) is 6.61. The minimum absolute atomic E-state index is 0.0632. The lowest BCUT2D eigenvalue weighted by Gasteiger charge is -2.36. The minimum Gasteiger partial charge on any atom is -0.444 e. The summed E-state index contributed by atoms with van der Waals surface area (Å²) in [5.41, 5.74) is 2.58. The molecule has 1 saturated heterocycles. The summed E-state index contributed by atoms with van der Waals surface area (Å²) in [4.78, 5) is 28.6. The zero-order valence-corrected chi connectivity index (χ0v) is 18.2. The number of carbonyl (C=O) groups is 2. The molecule has 2 amide bonds. The van der Waals surface area contributed by atoms with Crippen molar-refractivity contribution in [2.75, 3.05) is 50.7 Å². The summed E-state index contributed by atoms with van der Waals surface area (Å²) in [6.45, 7) is 7.69. The van der Waals surface area contributed by atoms with Crippen LogP contribution in [0, 0.1) is 6.92 Å². The van der Waals surface area contributed by atoms with Crippen molar-refractivity contribution in [3.63, 3.8) is 0 Å². The lowest BCUT2D eigenvalue weighted by atomic mass is 10.2. The quantitative estimate of drug-likeness (QED) is 0.588. The molecular weight excluding hydrogens is 436 g/mol. The van der Waals surface area contributed by atoms with E-state index in [9.17, 15) is 9.59 Å². The molecule has 1 aliphatic heterocycles. The second-order valence-corrected chi connectivity index (χ2v) is 7.94. The minimum atomic E-state index is -0.405. The molecular formula is C21H27BrN4O3. The van der Waals surface area contributed by atoms with Gasteiger partial charge in [0.1, 0.15) is 0 Å². The van der Waals surface area contributed by atoms with Crippen molar-refractivity contribution in [1.82, 2.24) is 15.5 Å². The van der Waals surface area contributed by atoms with Crippen molar-refractivity contribution in [3.8, 4) is 0 Å². The van der Waals surface area contributed by atoms with E-state index in [1.165, 1.54) is 11.3 Å². The van der Waals surface area contributed by atoms with Crippen LogP contribution in [0.2, 0.25) is 0 Å². The number of amides is 2. The number of aryl methyl sites for hydroxylation is 1. The maximum absolute atomic E-state index is 11.9. The number of hydrogen-bond acceptors (Lipinski definition) is 5. The van der Waals surface area contributed by atoms with Crippen LogP contribution in [0.3, 0.4) is 0 Å². The van der Waals surface area contributed by atoms with Crippen LogP contribution in [0.5, 0.6) is 0 Å². The highest BCUT2D eigenvalue weighted by Gasteiger charge is 2.17. The molecule has 0 radical (unpaired) electrons. The van der Waals surface area contributed by atoms with E-state index in [-0.39, 0.29) is 18.2 Å². The first kappa shape index (κ1) is 21.4. The van der Waals surface area contributed by atoms with Gasteiger partial charge in [-0.25, -0.2) is 0 Å². The second kappa shape index (κ2) is 10.5. The number of anilines is 1. The Morgan fingerprint density at radius 1 is 1.10 bits per heavy atom. The van der Waals surface area contributed by atoms with E-state index >= 15 is 0 Å². The summed E-state index contributed by atoms with van der Waals surface area (Å²) in [7, 11) is 0. The van der Waals surface area contributed by atoms with Gasteiger partial charge < -0.3 is 20.0 Å². The zero-order valence-electron chi connectivity index (χ0n) is 16.6. The summed E-state index contributed by atoms with van der Waals surface area (Å²) < 4.78 is 5.63. The standard InChI is InChI=1S/C21H27BrN4O3/c1-16-4-2-5-17(14-16)26-12-10-25(11-13-26)9-3-8-23-20(27)15-24-21(28)18-6-7-19(22)29-18/h2,4-7,14H,3,8-13,15H2,1H3,(H,23,27)(H,24,28). The van der Waals surface area contributed by atoms with Crippen LogP contribution in [0.1, 0.15) is 22.5 Å². The predicted molar refractivity (Wildman–Crippen MR) is 116 cm³/mol. The Balaban J connectivity index is 1.27. The van der Waals surface area contributed by atoms with Crippen LogP contribution >= 0.6 is 15.9 Å². The molecule has 0 saturated carbocycles. The van der Waals surface area contributed by atoms with E-state index in [0.29, 0.717) is 11.2 Å². The SMILES string of the molecule is Cc1cccc(N2CCN(CCCNC(=O)CNC(=O)c3ccc(Br)o3)CC2)c1. The van der Waals surface area contributed by atoms with Gasteiger partial charge >= 0.3 is 0 Å². The molecule has 8 heteroatoms. The van der Waals surface area contributed by atoms with E-state index in [0.717, 1.165) is 39.1 Å². The zero-order chi connectivity index (χ0) is 20.6. The number of furan rings is 1. The molecule has 2 heterocycles. The van der Waals surface area contributed by atoms with Gasteiger partial charge in [-0.3, -0.25) is 14.5 Å². The van der Waals surface area contributed by atoms with Gasteiger partial charge in [-0.05, 0) is 65.6 Å². The van der Waals surface area contributed by atoms with E-state index in [2.05, 4.69) is 67.6 Å². The Hall–Kier alpha value is -2.32. The summed E-state index contributed by atoms with van der Waals surface area (Å²) in [6, 6.07) is 11.8. The van der Waals surface area contributed by atoms with Gasteiger partial charge in [-0.1, -0.05) is 12.1 Å². The molecule has 1 aliphatic rings. The number of nitrogens with zero attached hydrogens (tertiary/aromatic N) is 2. The molecule has 156 valence electrons. The van der Waals surface area contributed by atoms with E-state index < -0.39 is 5.91 Å². The van der Waals surface area contributed by atoms with Gasteiger partial charge in [0, 0.05) is 38.4 Å². The summed E-state index contributed by atoms with van der Waals surface area (Å²) in [5.74, 6) is -0.431. The van der Waals surface area contributed by atoms with E-state index in [1.807, 2.05) is 0 Å². The predicted octanol–water partition coefficient (Wildman–Crippen LogP) is 2.41. The summed E-state index contributed by atoms with van der Waals surface area (Å²) in [6.07, 6.45) is 0.884. The van der Waals surface area contributed by atoms with Crippen LogP contribution in [0.4, 0.5) is 5.69 Å². The fraction of sp³-hybridized carbons (Fsp3) is 0.429. The summed E-state index contributed by atoms with van der Waals surface area (Å²) >= 11 is 3.14. The number of nitrogens with one attached hydrogen (secondary N) is 2. The molecule has 0 aliphatic carbocycles. The number of rotatable bonds is 8. The van der Waals surface area contributed by atoms with Gasteiger partial charge in [0.15, 0.2) is 10.4 Å². The van der Waals surface area contributed by atoms with Gasteiger partial charge in [0.25, 0.3) is 5.91 Å². The van der Waals surface area contributed by atoms with Gasteiger partial charge in [-0.15, -0.1) is 0 Å². The highest BCUT2D eigenvalue weighted by Crippen LogP contribution is 2.17. The van der Waals surface area contributed by atoms with Crippen LogP contribution in [-0.4, -0.2) is 62.5 Å². The monoisotopic (exact) mass is 462 g/mol. The molecule has 1 aromatic carbocycles. The smallest absolute Gasteiger partial charge is 0.287 e. The van der Waals surface area contributed by atoms with Gasteiger partial charge in [0.05, 0.1) is 6.54 Å². The maximum Gasteiger partial charge on any atom is 0.287 e. The van der Waals surface area contributed by atoms with Crippen molar-refractivity contribution in [1.29, 1.82) is 0 Å². The van der Waals surface area contributed by atoms with Crippen LogP contribution < -0.4 is 15.5 Å². The number of halogens is 1. The Kier molecular flexibility index (Phi) is 7.71. The summed E-state index contributed by atoms with van der Waals surface area (Å²) in [5, 5.41) is 5.39. The third-order valence-electron chi connectivity index (χ3n) is 4.92. The molecule has 1 aromatic heterocycles. The molecule has 1 fully saturated rings. The van der Waals surface area contributed by atoms with Gasteiger partial charge in [0.2, 0.25) is 5.91 Å². The first-order chi connectivity index (χ1) is 14.0. The van der Waals surface area contributed by atoms with Crippen LogP contribution in [0.15, 0.2) is 45.5 Å².